The Morgan fingerprint density at radius 1 is 1.19 bits per heavy atom. The van der Waals surface area contributed by atoms with E-state index in [-0.39, 0.29) is 12.5 Å². The zero-order valence-corrected chi connectivity index (χ0v) is 16.7. The number of aliphatic carboxylic acids is 1. The number of carboxylic acids is 1. The summed E-state index contributed by atoms with van der Waals surface area (Å²) in [5.74, 6) is 1.66. The highest BCUT2D eigenvalue weighted by Gasteiger charge is 2.45. The summed E-state index contributed by atoms with van der Waals surface area (Å²) in [6, 6.07) is 0. The number of allylic oxidation sites excluding steroid dienone is 3. The summed E-state index contributed by atoms with van der Waals surface area (Å²) >= 11 is 0. The molecule has 27 heavy (non-hydrogen) atoms. The van der Waals surface area contributed by atoms with E-state index in [0.29, 0.717) is 25.7 Å². The van der Waals surface area contributed by atoms with Crippen LogP contribution in [0.1, 0.15) is 77.6 Å². The first-order chi connectivity index (χ1) is 12.9. The fourth-order valence-corrected chi connectivity index (χ4v) is 3.98. The third-order valence-electron chi connectivity index (χ3n) is 5.85. The number of aliphatic hydroxyl groups excluding tert-OH is 1. The first-order valence-corrected chi connectivity index (χ1v) is 10.3. The number of hydrogen-bond donors (Lipinski definition) is 3. The van der Waals surface area contributed by atoms with Gasteiger partial charge in [0.15, 0.2) is 0 Å². The van der Waals surface area contributed by atoms with E-state index in [2.05, 4.69) is 12.8 Å². The Hall–Kier alpha value is -1.57. The van der Waals surface area contributed by atoms with Gasteiger partial charge < -0.3 is 15.3 Å². The van der Waals surface area contributed by atoms with Gasteiger partial charge in [-0.2, -0.15) is 0 Å². The smallest absolute Gasteiger partial charge is 0.312 e. The standard InChI is InChI=1S/C23H36O4/c1-3-5-11-16-22(27,4-2)17-12-7-6-8-13-18-23(19-24,21(25)26)20-14-9-10-15-20/h2,6,8,12,17,20,24,27H,3,5,7,9-11,13-16,18-19H2,1H3,(H,25,26)/b8-6+,17-12-/t22-,23-/m1/s1. The molecule has 3 N–H and O–H groups in total. The summed E-state index contributed by atoms with van der Waals surface area (Å²) in [5.41, 5.74) is -2.19. The van der Waals surface area contributed by atoms with Crippen LogP contribution in [0.25, 0.3) is 0 Å². The number of aliphatic hydroxyl groups is 2. The van der Waals surface area contributed by atoms with Gasteiger partial charge in [-0.15, -0.1) is 6.42 Å². The maximum atomic E-state index is 11.8. The predicted molar refractivity (Wildman–Crippen MR) is 109 cm³/mol. The molecule has 0 unspecified atom stereocenters. The number of hydrogen-bond acceptors (Lipinski definition) is 3. The third-order valence-corrected chi connectivity index (χ3v) is 5.85. The SMILES string of the molecule is C#C[C@](O)(/C=C\C/C=C/CC[C@](CO)(C(=O)O)C1CCCC1)CCCCC. The van der Waals surface area contributed by atoms with Crippen molar-refractivity contribution >= 4 is 5.97 Å². The van der Waals surface area contributed by atoms with Gasteiger partial charge in [0.05, 0.1) is 12.0 Å². The first-order valence-electron chi connectivity index (χ1n) is 10.3. The van der Waals surface area contributed by atoms with Crippen LogP contribution in [-0.2, 0) is 4.79 Å². The number of carboxylic acid groups (broad SMARTS) is 1. The van der Waals surface area contributed by atoms with Crippen LogP contribution in [0.4, 0.5) is 0 Å². The molecule has 0 aliphatic heterocycles. The van der Waals surface area contributed by atoms with Crippen LogP contribution in [0.3, 0.4) is 0 Å². The lowest BCUT2D eigenvalue weighted by Crippen LogP contribution is -2.41. The van der Waals surface area contributed by atoms with Crippen molar-refractivity contribution in [3.05, 3.63) is 24.3 Å². The lowest BCUT2D eigenvalue weighted by Gasteiger charge is -2.33. The van der Waals surface area contributed by atoms with E-state index in [1.165, 1.54) is 0 Å². The molecule has 1 saturated carbocycles. The summed E-state index contributed by atoms with van der Waals surface area (Å²) in [5, 5.41) is 29.8. The molecule has 1 aliphatic carbocycles. The molecular formula is C23H36O4. The monoisotopic (exact) mass is 376 g/mol. The molecule has 0 radical (unpaired) electrons. The van der Waals surface area contributed by atoms with Gasteiger partial charge >= 0.3 is 5.97 Å². The van der Waals surface area contributed by atoms with Crippen molar-refractivity contribution in [2.24, 2.45) is 11.3 Å². The van der Waals surface area contributed by atoms with Crippen molar-refractivity contribution in [2.75, 3.05) is 6.61 Å². The van der Waals surface area contributed by atoms with E-state index < -0.39 is 17.0 Å². The maximum Gasteiger partial charge on any atom is 0.312 e. The van der Waals surface area contributed by atoms with Gasteiger partial charge in [0.1, 0.15) is 5.60 Å². The number of rotatable bonds is 13. The molecule has 0 aromatic rings. The Morgan fingerprint density at radius 2 is 1.89 bits per heavy atom. The summed E-state index contributed by atoms with van der Waals surface area (Å²) in [6.45, 7) is 1.81. The van der Waals surface area contributed by atoms with E-state index in [9.17, 15) is 20.1 Å². The number of unbranched alkanes of at least 4 members (excludes halogenated alkanes) is 2. The van der Waals surface area contributed by atoms with Crippen molar-refractivity contribution in [1.29, 1.82) is 0 Å². The largest absolute Gasteiger partial charge is 0.481 e. The molecule has 1 aliphatic rings. The molecular weight excluding hydrogens is 340 g/mol. The Morgan fingerprint density at radius 3 is 2.44 bits per heavy atom. The average Bonchev–Trinajstić information content (AvgIpc) is 3.19. The molecule has 4 heteroatoms. The van der Waals surface area contributed by atoms with Crippen LogP contribution < -0.4 is 0 Å². The second kappa shape index (κ2) is 12.0. The normalized spacial score (nSPS) is 19.9. The highest BCUT2D eigenvalue weighted by molar-refractivity contribution is 5.75. The fraction of sp³-hybridized carbons (Fsp3) is 0.696. The van der Waals surface area contributed by atoms with Crippen molar-refractivity contribution in [3.63, 3.8) is 0 Å². The van der Waals surface area contributed by atoms with Gasteiger partial charge in [-0.05, 0) is 56.9 Å². The summed E-state index contributed by atoms with van der Waals surface area (Å²) in [4.78, 5) is 11.8. The molecule has 4 nitrogen and oxygen atoms in total. The maximum absolute atomic E-state index is 11.8. The molecule has 0 amide bonds. The van der Waals surface area contributed by atoms with Crippen molar-refractivity contribution < 1.29 is 20.1 Å². The van der Waals surface area contributed by atoms with Crippen LogP contribution in [0.15, 0.2) is 24.3 Å². The minimum atomic E-state index is -1.18. The second-order valence-electron chi connectivity index (χ2n) is 7.77. The van der Waals surface area contributed by atoms with E-state index in [4.69, 9.17) is 6.42 Å². The van der Waals surface area contributed by atoms with Crippen LogP contribution >= 0.6 is 0 Å². The summed E-state index contributed by atoms with van der Waals surface area (Å²) in [6.07, 6.45) is 22.1. The fourth-order valence-electron chi connectivity index (χ4n) is 3.98. The molecule has 0 aromatic carbocycles. The van der Waals surface area contributed by atoms with Crippen LogP contribution in [0, 0.1) is 23.7 Å². The number of terminal acetylenes is 1. The highest BCUT2D eigenvalue weighted by atomic mass is 16.4. The average molecular weight is 377 g/mol. The topological polar surface area (TPSA) is 77.8 Å². The molecule has 0 aromatic heterocycles. The molecule has 0 bridgehead atoms. The zero-order valence-electron chi connectivity index (χ0n) is 16.7. The Labute approximate surface area is 164 Å². The third kappa shape index (κ3) is 7.16. The second-order valence-corrected chi connectivity index (χ2v) is 7.77. The molecule has 1 fully saturated rings. The minimum absolute atomic E-state index is 0.0713. The van der Waals surface area contributed by atoms with Crippen molar-refractivity contribution in [3.8, 4) is 12.3 Å². The predicted octanol–water partition coefficient (Wildman–Crippen LogP) is 4.47. The Bertz CT molecular complexity index is 539. The van der Waals surface area contributed by atoms with Crippen molar-refractivity contribution in [1.82, 2.24) is 0 Å². The number of carbonyl (C=O) groups is 1. The molecule has 2 atom stereocenters. The van der Waals surface area contributed by atoms with Crippen LogP contribution in [0.5, 0.6) is 0 Å². The van der Waals surface area contributed by atoms with Gasteiger partial charge in [0, 0.05) is 0 Å². The van der Waals surface area contributed by atoms with Crippen molar-refractivity contribution in [2.45, 2.75) is 83.2 Å². The Kier molecular flexibility index (Phi) is 10.4. The van der Waals surface area contributed by atoms with Gasteiger partial charge in [-0.1, -0.05) is 56.8 Å². The highest BCUT2D eigenvalue weighted by Crippen LogP contribution is 2.43. The molecule has 0 saturated heterocycles. The summed E-state index contributed by atoms with van der Waals surface area (Å²) < 4.78 is 0. The lowest BCUT2D eigenvalue weighted by atomic mass is 9.71. The van der Waals surface area contributed by atoms with Gasteiger partial charge in [-0.3, -0.25) is 4.79 Å². The van der Waals surface area contributed by atoms with Gasteiger partial charge in [0.2, 0.25) is 0 Å². The molecule has 0 heterocycles. The molecule has 152 valence electrons. The van der Waals surface area contributed by atoms with Crippen LogP contribution in [0.2, 0.25) is 0 Å². The van der Waals surface area contributed by atoms with Gasteiger partial charge in [0.25, 0.3) is 0 Å². The Balaban J connectivity index is 2.49. The van der Waals surface area contributed by atoms with Gasteiger partial charge in [-0.25, -0.2) is 0 Å². The lowest BCUT2D eigenvalue weighted by molar-refractivity contribution is -0.156. The zero-order chi connectivity index (χ0) is 20.2. The van der Waals surface area contributed by atoms with E-state index in [0.717, 1.165) is 44.9 Å². The van der Waals surface area contributed by atoms with E-state index in [1.807, 2.05) is 18.2 Å². The van der Waals surface area contributed by atoms with Crippen LogP contribution in [-0.4, -0.2) is 33.5 Å². The minimum Gasteiger partial charge on any atom is -0.481 e. The first kappa shape index (κ1) is 23.5. The quantitative estimate of drug-likeness (QED) is 0.252. The molecule has 0 spiro atoms. The van der Waals surface area contributed by atoms with E-state index >= 15 is 0 Å². The summed E-state index contributed by atoms with van der Waals surface area (Å²) in [7, 11) is 0. The molecule has 1 rings (SSSR count). The van der Waals surface area contributed by atoms with E-state index in [1.54, 1.807) is 6.08 Å².